The summed E-state index contributed by atoms with van der Waals surface area (Å²) in [7, 11) is 4.54. The van der Waals surface area contributed by atoms with Crippen LogP contribution in [-0.4, -0.2) is 38.5 Å². The van der Waals surface area contributed by atoms with Gasteiger partial charge in [-0.2, -0.15) is 0 Å². The fourth-order valence-corrected chi connectivity index (χ4v) is 5.74. The number of ether oxygens (including phenoxy) is 4. The molecule has 0 spiro atoms. The molecule has 8 nitrogen and oxygen atoms in total. The molecule has 10 heteroatoms. The van der Waals surface area contributed by atoms with E-state index in [9.17, 15) is 14.0 Å². The van der Waals surface area contributed by atoms with E-state index in [0.717, 1.165) is 0 Å². The Morgan fingerprint density at radius 3 is 2.24 bits per heavy atom. The SMILES string of the molecule is CCOC(=O)C1=C(c2ccccc2)N=c2s/c(=C\c3cc(OC)c(OC)c(OC)c3)c(=O)n2[C@H]1c1ccc(F)cc1. The van der Waals surface area contributed by atoms with E-state index in [-0.39, 0.29) is 17.7 Å². The van der Waals surface area contributed by atoms with Crippen LogP contribution >= 0.6 is 11.3 Å². The number of fused-ring (bicyclic) bond motifs is 1. The molecule has 1 atom stereocenters. The quantitative estimate of drug-likeness (QED) is 0.295. The highest BCUT2D eigenvalue weighted by Gasteiger charge is 2.35. The van der Waals surface area contributed by atoms with Gasteiger partial charge in [-0.3, -0.25) is 9.36 Å². The molecule has 210 valence electrons. The van der Waals surface area contributed by atoms with Gasteiger partial charge < -0.3 is 18.9 Å². The van der Waals surface area contributed by atoms with Crippen LogP contribution in [0.1, 0.15) is 29.7 Å². The molecule has 1 aliphatic rings. The number of aromatic nitrogens is 1. The summed E-state index contributed by atoms with van der Waals surface area (Å²) >= 11 is 1.18. The molecule has 1 aromatic heterocycles. The van der Waals surface area contributed by atoms with Crippen LogP contribution in [-0.2, 0) is 9.53 Å². The number of rotatable bonds is 8. The van der Waals surface area contributed by atoms with Crippen LogP contribution in [0.5, 0.6) is 17.2 Å². The maximum atomic E-state index is 14.0. The minimum absolute atomic E-state index is 0.131. The first kappa shape index (κ1) is 27.9. The Morgan fingerprint density at radius 2 is 1.66 bits per heavy atom. The third kappa shape index (κ3) is 5.26. The van der Waals surface area contributed by atoms with Crippen molar-refractivity contribution >= 4 is 29.1 Å². The first-order chi connectivity index (χ1) is 19.9. The molecule has 2 heterocycles. The molecule has 0 saturated carbocycles. The zero-order chi connectivity index (χ0) is 29.1. The molecule has 0 bridgehead atoms. The number of methoxy groups -OCH3 is 3. The van der Waals surface area contributed by atoms with Crippen LogP contribution in [0, 0.1) is 5.82 Å². The molecule has 0 saturated heterocycles. The third-order valence-corrected chi connectivity index (χ3v) is 7.53. The maximum Gasteiger partial charge on any atom is 0.338 e. The average molecular weight is 575 g/mol. The molecule has 0 radical (unpaired) electrons. The summed E-state index contributed by atoms with van der Waals surface area (Å²) in [5.74, 6) is 0.255. The lowest BCUT2D eigenvalue weighted by Gasteiger charge is -2.25. The minimum atomic E-state index is -0.900. The van der Waals surface area contributed by atoms with E-state index in [1.807, 2.05) is 30.3 Å². The van der Waals surface area contributed by atoms with Crippen LogP contribution in [0.3, 0.4) is 0 Å². The highest BCUT2D eigenvalue weighted by Crippen LogP contribution is 2.38. The molecule has 3 aromatic carbocycles. The molecule has 5 rings (SSSR count). The standard InChI is InChI=1S/C31H27FN2O6S/c1-5-40-30(36)25-26(19-9-7-6-8-10-19)33-31-34(27(25)20-11-13-21(32)14-12-20)29(35)24(41-31)17-18-15-22(37-2)28(39-4)23(16-18)38-3/h6-17,27H,5H2,1-4H3/b24-17-/t27-/m0/s1. The number of carbonyl (C=O) groups is 1. The van der Waals surface area contributed by atoms with Crippen LogP contribution in [0.25, 0.3) is 11.8 Å². The summed E-state index contributed by atoms with van der Waals surface area (Å²) in [4.78, 5) is 32.7. The second-order valence-corrected chi connectivity index (χ2v) is 9.95. The lowest BCUT2D eigenvalue weighted by Crippen LogP contribution is -2.40. The van der Waals surface area contributed by atoms with Gasteiger partial charge in [0.25, 0.3) is 5.56 Å². The second-order valence-electron chi connectivity index (χ2n) is 8.94. The van der Waals surface area contributed by atoms with E-state index in [1.54, 1.807) is 37.3 Å². The van der Waals surface area contributed by atoms with Crippen molar-refractivity contribution in [1.29, 1.82) is 0 Å². The number of halogens is 1. The average Bonchev–Trinajstić information content (AvgIpc) is 3.30. The van der Waals surface area contributed by atoms with E-state index >= 15 is 0 Å². The Balaban J connectivity index is 1.81. The zero-order valence-electron chi connectivity index (χ0n) is 22.8. The van der Waals surface area contributed by atoms with Crippen LogP contribution < -0.4 is 29.1 Å². The molecule has 0 unspecified atom stereocenters. The van der Waals surface area contributed by atoms with Gasteiger partial charge >= 0.3 is 5.97 Å². The maximum absolute atomic E-state index is 14.0. The van der Waals surface area contributed by atoms with E-state index in [0.29, 0.717) is 49.0 Å². The first-order valence-electron chi connectivity index (χ1n) is 12.7. The Hall–Kier alpha value is -4.70. The molecule has 1 aliphatic heterocycles. The van der Waals surface area contributed by atoms with Gasteiger partial charge in [0.15, 0.2) is 16.3 Å². The smallest absolute Gasteiger partial charge is 0.338 e. The Labute approximate surface area is 239 Å². The van der Waals surface area contributed by atoms with Crippen molar-refractivity contribution in [2.45, 2.75) is 13.0 Å². The largest absolute Gasteiger partial charge is 0.493 e. The monoisotopic (exact) mass is 574 g/mol. The molecular formula is C31H27FN2O6S. The number of nitrogens with zero attached hydrogens (tertiary/aromatic N) is 2. The van der Waals surface area contributed by atoms with Gasteiger partial charge in [0.2, 0.25) is 5.75 Å². The first-order valence-corrected chi connectivity index (χ1v) is 13.6. The van der Waals surface area contributed by atoms with Gasteiger partial charge in [0.05, 0.1) is 49.8 Å². The topological polar surface area (TPSA) is 88.4 Å². The predicted octanol–water partition coefficient (Wildman–Crippen LogP) is 4.10. The Kier molecular flexibility index (Phi) is 8.02. The van der Waals surface area contributed by atoms with Crippen molar-refractivity contribution in [2.75, 3.05) is 27.9 Å². The Bertz CT molecular complexity index is 1790. The van der Waals surface area contributed by atoms with Crippen molar-refractivity contribution in [3.63, 3.8) is 0 Å². The van der Waals surface area contributed by atoms with Crippen LogP contribution in [0.2, 0.25) is 0 Å². The number of carbonyl (C=O) groups excluding carboxylic acids is 1. The van der Waals surface area contributed by atoms with Crippen molar-refractivity contribution < 1.29 is 28.1 Å². The van der Waals surface area contributed by atoms with E-state index in [2.05, 4.69) is 0 Å². The zero-order valence-corrected chi connectivity index (χ0v) is 23.7. The number of hydrogen-bond acceptors (Lipinski definition) is 8. The molecule has 0 amide bonds. The number of thiazole rings is 1. The summed E-state index contributed by atoms with van der Waals surface area (Å²) < 4.78 is 37.6. The van der Waals surface area contributed by atoms with Crippen molar-refractivity contribution in [1.82, 2.24) is 4.57 Å². The van der Waals surface area contributed by atoms with Crippen LogP contribution in [0.4, 0.5) is 4.39 Å². The fraction of sp³-hybridized carbons (Fsp3) is 0.194. The lowest BCUT2D eigenvalue weighted by molar-refractivity contribution is -0.138. The molecule has 4 aromatic rings. The van der Waals surface area contributed by atoms with E-state index < -0.39 is 17.8 Å². The molecule has 0 N–H and O–H groups in total. The minimum Gasteiger partial charge on any atom is -0.493 e. The summed E-state index contributed by atoms with van der Waals surface area (Å²) in [5, 5.41) is 0. The number of benzene rings is 3. The molecule has 41 heavy (non-hydrogen) atoms. The number of hydrogen-bond donors (Lipinski definition) is 0. The predicted molar refractivity (Wildman–Crippen MR) is 154 cm³/mol. The summed E-state index contributed by atoms with van der Waals surface area (Å²) in [6, 6.07) is 17.5. The highest BCUT2D eigenvalue weighted by molar-refractivity contribution is 7.07. The fourth-order valence-electron chi connectivity index (χ4n) is 4.74. The Morgan fingerprint density at radius 1 is 1.00 bits per heavy atom. The molecule has 0 aliphatic carbocycles. The van der Waals surface area contributed by atoms with Gasteiger partial charge in [-0.15, -0.1) is 0 Å². The van der Waals surface area contributed by atoms with Gasteiger partial charge in [-0.25, -0.2) is 14.2 Å². The summed E-state index contributed by atoms with van der Waals surface area (Å²) in [6.07, 6.45) is 1.70. The van der Waals surface area contributed by atoms with Gasteiger partial charge in [-0.05, 0) is 48.4 Å². The van der Waals surface area contributed by atoms with Crippen molar-refractivity contribution in [3.8, 4) is 17.2 Å². The van der Waals surface area contributed by atoms with Gasteiger partial charge in [0.1, 0.15) is 5.82 Å². The highest BCUT2D eigenvalue weighted by atomic mass is 32.1. The van der Waals surface area contributed by atoms with Crippen LogP contribution in [0.15, 0.2) is 82.1 Å². The van der Waals surface area contributed by atoms with Gasteiger partial charge in [-0.1, -0.05) is 53.8 Å². The third-order valence-electron chi connectivity index (χ3n) is 6.54. The van der Waals surface area contributed by atoms with Crippen molar-refractivity contribution in [2.24, 2.45) is 4.99 Å². The van der Waals surface area contributed by atoms with Crippen molar-refractivity contribution in [3.05, 3.63) is 114 Å². The van der Waals surface area contributed by atoms with E-state index in [4.69, 9.17) is 23.9 Å². The summed E-state index contributed by atoms with van der Waals surface area (Å²) in [6.45, 7) is 1.84. The number of esters is 1. The summed E-state index contributed by atoms with van der Waals surface area (Å²) in [5.41, 5.74) is 2.07. The second kappa shape index (κ2) is 11.8. The molecule has 0 fully saturated rings. The van der Waals surface area contributed by atoms with Gasteiger partial charge in [0, 0.05) is 5.56 Å². The lowest BCUT2D eigenvalue weighted by atomic mass is 9.93. The normalized spacial score (nSPS) is 14.8. The van der Waals surface area contributed by atoms with E-state index in [1.165, 1.54) is 49.4 Å². The molecular weight excluding hydrogens is 547 g/mol.